The second-order valence-corrected chi connectivity index (χ2v) is 6.97. The Labute approximate surface area is 164 Å². The number of aromatic nitrogens is 4. The van der Waals surface area contributed by atoms with Crippen LogP contribution in [0.3, 0.4) is 0 Å². The number of methoxy groups -OCH3 is 3. The van der Waals surface area contributed by atoms with Gasteiger partial charge >= 0.3 is 5.69 Å². The maximum absolute atomic E-state index is 12.4. The standard InChI is InChI=1S/C19H18N4O4S/c1-25-14-7-11(8-15(26-2)16(14)27-3)13-9-20-17-18(21-13)23(19(24)22-17)10-12-5-4-6-28-12/h4-9H,10H2,1-3H3,(H,20,22,24). The van der Waals surface area contributed by atoms with E-state index in [0.29, 0.717) is 40.8 Å². The molecule has 0 radical (unpaired) electrons. The number of hydrogen-bond acceptors (Lipinski definition) is 7. The van der Waals surface area contributed by atoms with E-state index in [1.54, 1.807) is 55.6 Å². The SMILES string of the molecule is COc1cc(-c2cnc3[nH]c(=O)n(Cc4cccs4)c3n2)cc(OC)c1OC. The molecule has 0 fully saturated rings. The van der Waals surface area contributed by atoms with E-state index in [1.165, 1.54) is 0 Å². The van der Waals surface area contributed by atoms with E-state index >= 15 is 0 Å². The Balaban J connectivity index is 1.85. The molecule has 0 atom stereocenters. The van der Waals surface area contributed by atoms with Crippen LogP contribution in [0.2, 0.25) is 0 Å². The topological polar surface area (TPSA) is 91.3 Å². The third-order valence-electron chi connectivity index (χ3n) is 4.33. The number of nitrogens with zero attached hydrogens (tertiary/aromatic N) is 3. The van der Waals surface area contributed by atoms with Gasteiger partial charge in [-0.1, -0.05) is 6.07 Å². The van der Waals surface area contributed by atoms with Crippen LogP contribution in [0.15, 0.2) is 40.6 Å². The summed E-state index contributed by atoms with van der Waals surface area (Å²) >= 11 is 1.58. The van der Waals surface area contributed by atoms with Crippen molar-refractivity contribution in [2.75, 3.05) is 21.3 Å². The first-order valence-electron chi connectivity index (χ1n) is 8.43. The minimum Gasteiger partial charge on any atom is -0.493 e. The predicted octanol–water partition coefficient (Wildman–Crippen LogP) is 2.92. The number of thiophene rings is 1. The van der Waals surface area contributed by atoms with Gasteiger partial charge in [-0.3, -0.25) is 9.55 Å². The highest BCUT2D eigenvalue weighted by atomic mass is 32.1. The molecule has 0 bridgehead atoms. The average molecular weight is 398 g/mol. The number of hydrogen-bond donors (Lipinski definition) is 1. The minimum atomic E-state index is -0.245. The van der Waals surface area contributed by atoms with E-state index in [4.69, 9.17) is 14.2 Å². The zero-order valence-electron chi connectivity index (χ0n) is 15.6. The smallest absolute Gasteiger partial charge is 0.329 e. The fourth-order valence-electron chi connectivity index (χ4n) is 2.99. The first-order valence-corrected chi connectivity index (χ1v) is 9.31. The Kier molecular flexibility index (Phi) is 4.74. The van der Waals surface area contributed by atoms with Crippen molar-refractivity contribution in [1.29, 1.82) is 0 Å². The number of fused-ring (bicyclic) bond motifs is 1. The minimum absolute atomic E-state index is 0.245. The van der Waals surface area contributed by atoms with Gasteiger partial charge in [-0.05, 0) is 23.6 Å². The van der Waals surface area contributed by atoms with Crippen molar-refractivity contribution >= 4 is 22.6 Å². The number of H-pyrrole nitrogens is 1. The van der Waals surface area contributed by atoms with Crippen molar-refractivity contribution in [3.05, 3.63) is 51.2 Å². The molecule has 3 aromatic heterocycles. The summed E-state index contributed by atoms with van der Waals surface area (Å²) < 4.78 is 17.8. The number of benzene rings is 1. The van der Waals surface area contributed by atoms with Crippen LogP contribution in [0.4, 0.5) is 0 Å². The van der Waals surface area contributed by atoms with Gasteiger partial charge in [-0.25, -0.2) is 14.8 Å². The van der Waals surface area contributed by atoms with Gasteiger partial charge in [0.15, 0.2) is 22.8 Å². The van der Waals surface area contributed by atoms with Crippen molar-refractivity contribution in [2.24, 2.45) is 0 Å². The van der Waals surface area contributed by atoms with Gasteiger partial charge < -0.3 is 14.2 Å². The summed E-state index contributed by atoms with van der Waals surface area (Å²) in [5.41, 5.74) is 2.01. The van der Waals surface area contributed by atoms with E-state index in [1.807, 2.05) is 17.5 Å². The summed E-state index contributed by atoms with van der Waals surface area (Å²) in [7, 11) is 4.66. The summed E-state index contributed by atoms with van der Waals surface area (Å²) in [5.74, 6) is 1.53. The maximum Gasteiger partial charge on any atom is 0.329 e. The van der Waals surface area contributed by atoms with Gasteiger partial charge in [0.05, 0.1) is 39.8 Å². The lowest BCUT2D eigenvalue weighted by molar-refractivity contribution is 0.324. The highest BCUT2D eigenvalue weighted by molar-refractivity contribution is 7.09. The van der Waals surface area contributed by atoms with Gasteiger partial charge in [0, 0.05) is 10.4 Å². The molecular formula is C19H18N4O4S. The molecule has 0 aliphatic rings. The summed E-state index contributed by atoms with van der Waals surface area (Å²) in [6.45, 7) is 0.434. The summed E-state index contributed by atoms with van der Waals surface area (Å²) in [4.78, 5) is 25.2. The van der Waals surface area contributed by atoms with Crippen molar-refractivity contribution < 1.29 is 14.2 Å². The summed E-state index contributed by atoms with van der Waals surface area (Å²) in [6.07, 6.45) is 1.61. The number of ether oxygens (including phenoxy) is 3. The van der Waals surface area contributed by atoms with Crippen LogP contribution in [0.5, 0.6) is 17.2 Å². The second kappa shape index (κ2) is 7.35. The van der Waals surface area contributed by atoms with Crippen LogP contribution >= 0.6 is 11.3 Å². The van der Waals surface area contributed by atoms with Crippen molar-refractivity contribution in [2.45, 2.75) is 6.54 Å². The van der Waals surface area contributed by atoms with E-state index in [2.05, 4.69) is 15.0 Å². The van der Waals surface area contributed by atoms with E-state index in [-0.39, 0.29) is 5.69 Å². The molecule has 0 aliphatic heterocycles. The number of nitrogens with one attached hydrogen (secondary N) is 1. The zero-order chi connectivity index (χ0) is 19.7. The highest BCUT2D eigenvalue weighted by Crippen LogP contribution is 2.40. The Hall–Kier alpha value is -3.33. The summed E-state index contributed by atoms with van der Waals surface area (Å²) in [6, 6.07) is 7.52. The molecule has 3 heterocycles. The van der Waals surface area contributed by atoms with Crippen LogP contribution in [-0.2, 0) is 6.54 Å². The Morgan fingerprint density at radius 3 is 2.50 bits per heavy atom. The molecule has 0 amide bonds. The largest absolute Gasteiger partial charge is 0.493 e. The van der Waals surface area contributed by atoms with E-state index in [9.17, 15) is 4.79 Å². The van der Waals surface area contributed by atoms with Crippen molar-refractivity contribution in [3.8, 4) is 28.5 Å². The molecule has 0 aliphatic carbocycles. The Morgan fingerprint density at radius 1 is 1.14 bits per heavy atom. The van der Waals surface area contributed by atoms with Gasteiger partial charge in [0.25, 0.3) is 0 Å². The zero-order valence-corrected chi connectivity index (χ0v) is 16.4. The molecule has 0 spiro atoms. The molecule has 4 rings (SSSR count). The normalized spacial score (nSPS) is 11.0. The fraction of sp³-hybridized carbons (Fsp3) is 0.211. The molecular weight excluding hydrogens is 380 g/mol. The molecule has 0 saturated carbocycles. The Bertz CT molecular complexity index is 1160. The third-order valence-corrected chi connectivity index (χ3v) is 5.20. The molecule has 8 nitrogen and oxygen atoms in total. The van der Waals surface area contributed by atoms with Crippen LogP contribution in [0.25, 0.3) is 22.6 Å². The lowest BCUT2D eigenvalue weighted by Crippen LogP contribution is -2.17. The number of rotatable bonds is 6. The van der Waals surface area contributed by atoms with Crippen molar-refractivity contribution in [1.82, 2.24) is 19.5 Å². The molecule has 28 heavy (non-hydrogen) atoms. The van der Waals surface area contributed by atoms with Crippen molar-refractivity contribution in [3.63, 3.8) is 0 Å². The number of imidazole rings is 1. The quantitative estimate of drug-likeness (QED) is 0.537. The molecule has 144 valence electrons. The second-order valence-electron chi connectivity index (χ2n) is 5.94. The Morgan fingerprint density at radius 2 is 1.89 bits per heavy atom. The number of aromatic amines is 1. The van der Waals surface area contributed by atoms with Crippen LogP contribution in [-0.4, -0.2) is 40.8 Å². The molecule has 4 aromatic rings. The van der Waals surface area contributed by atoms with E-state index in [0.717, 1.165) is 10.4 Å². The van der Waals surface area contributed by atoms with Gasteiger partial charge in [-0.15, -0.1) is 11.3 Å². The summed E-state index contributed by atoms with van der Waals surface area (Å²) in [5, 5.41) is 1.97. The fourth-order valence-corrected chi connectivity index (χ4v) is 3.69. The molecule has 9 heteroatoms. The maximum atomic E-state index is 12.4. The predicted molar refractivity (Wildman–Crippen MR) is 107 cm³/mol. The van der Waals surface area contributed by atoms with Gasteiger partial charge in [0.1, 0.15) is 0 Å². The molecule has 1 aromatic carbocycles. The average Bonchev–Trinajstić information content (AvgIpc) is 3.34. The van der Waals surface area contributed by atoms with E-state index < -0.39 is 0 Å². The lowest BCUT2D eigenvalue weighted by Gasteiger charge is -2.14. The first-order chi connectivity index (χ1) is 13.6. The highest BCUT2D eigenvalue weighted by Gasteiger charge is 2.17. The monoisotopic (exact) mass is 398 g/mol. The lowest BCUT2D eigenvalue weighted by atomic mass is 10.1. The first kappa shape index (κ1) is 18.1. The molecule has 0 unspecified atom stereocenters. The van der Waals surface area contributed by atoms with Gasteiger partial charge in [0.2, 0.25) is 5.75 Å². The van der Waals surface area contributed by atoms with Gasteiger partial charge in [-0.2, -0.15) is 0 Å². The van der Waals surface area contributed by atoms with Crippen LogP contribution in [0, 0.1) is 0 Å². The molecule has 1 N–H and O–H groups in total. The van der Waals surface area contributed by atoms with Crippen LogP contribution < -0.4 is 19.9 Å². The van der Waals surface area contributed by atoms with Crippen LogP contribution in [0.1, 0.15) is 4.88 Å². The third kappa shape index (κ3) is 3.09. The molecule has 0 saturated heterocycles.